The first-order chi connectivity index (χ1) is 16.5. The predicted molar refractivity (Wildman–Crippen MR) is 159 cm³/mol. The molecule has 0 radical (unpaired) electrons. The van der Waals surface area contributed by atoms with Crippen LogP contribution in [-0.4, -0.2) is 44.4 Å². The molecule has 0 unspecified atom stereocenters. The summed E-state index contributed by atoms with van der Waals surface area (Å²) in [5, 5.41) is 27.4. The monoisotopic (exact) mass is 526 g/mol. The maximum absolute atomic E-state index is 11.7. The van der Waals surface area contributed by atoms with E-state index in [9.17, 15) is 10.2 Å². The van der Waals surface area contributed by atoms with Gasteiger partial charge in [0.1, 0.15) is 11.5 Å². The van der Waals surface area contributed by atoms with Gasteiger partial charge in [-0.15, -0.1) is 0 Å². The van der Waals surface area contributed by atoms with Crippen LogP contribution in [0.15, 0.2) is 60.7 Å². The number of aromatic hydroxyl groups is 2. The Bertz CT molecular complexity index is 1200. The van der Waals surface area contributed by atoms with E-state index in [-0.39, 0.29) is 11.5 Å². The second kappa shape index (κ2) is 11.4. The Morgan fingerprint density at radius 1 is 0.588 bits per heavy atom. The second-order valence-corrected chi connectivity index (χ2v) is 12.9. The van der Waals surface area contributed by atoms with Crippen molar-refractivity contribution in [1.29, 1.82) is 0 Å². The number of rotatable bonds is 9. The van der Waals surface area contributed by atoms with Crippen molar-refractivity contribution in [3.63, 3.8) is 0 Å². The topological polar surface area (TPSA) is 40.5 Å². The van der Waals surface area contributed by atoms with Gasteiger partial charge in [-0.25, -0.2) is 0 Å². The Morgan fingerprint density at radius 3 is 1.29 bits per heavy atom. The Labute approximate surface area is 219 Å². The molecule has 0 saturated carbocycles. The molecule has 0 fully saturated rings. The quantitative estimate of drug-likeness (QED) is 0.214. The summed E-state index contributed by atoms with van der Waals surface area (Å²) in [5.41, 5.74) is 3.30. The number of hydrogen-bond donors (Lipinski definition) is 2. The fourth-order valence-electron chi connectivity index (χ4n) is 4.49. The lowest BCUT2D eigenvalue weighted by Crippen LogP contribution is -2.04. The van der Waals surface area contributed by atoms with Gasteiger partial charge in [0.2, 0.25) is 0 Å². The van der Waals surface area contributed by atoms with Crippen molar-refractivity contribution in [2.45, 2.75) is 22.0 Å². The SMILES string of the molecule is CSC(Cc1cc2ccccc2c(-c2c(O)c(CC(SC)SC)cc3ccccc23)c1O)SC. The highest BCUT2D eigenvalue weighted by Crippen LogP contribution is 2.48. The van der Waals surface area contributed by atoms with Crippen LogP contribution in [0.5, 0.6) is 11.5 Å². The Morgan fingerprint density at radius 2 is 0.941 bits per heavy atom. The standard InChI is InChI=1S/C28H30O2S4/c1-31-23(32-2)15-19-13-17-9-5-7-11-21(17)25(27(19)29)26-22-12-8-6-10-18(22)14-20(28(26)30)16-24(33-3)34-4/h5-14,23-24,29-30H,15-16H2,1-4H3. The van der Waals surface area contributed by atoms with E-state index in [2.05, 4.69) is 49.3 Å². The average molecular weight is 527 g/mol. The summed E-state index contributed by atoms with van der Waals surface area (Å²) < 4.78 is 0.695. The second-order valence-electron chi connectivity index (χ2n) is 8.17. The van der Waals surface area contributed by atoms with Gasteiger partial charge in [-0.2, -0.15) is 47.0 Å². The van der Waals surface area contributed by atoms with E-state index in [4.69, 9.17) is 0 Å². The van der Waals surface area contributed by atoms with Gasteiger partial charge in [-0.3, -0.25) is 0 Å². The fraction of sp³-hybridized carbons (Fsp3) is 0.286. The molecule has 178 valence electrons. The molecule has 4 aromatic rings. The molecule has 0 spiro atoms. The molecule has 2 N–H and O–H groups in total. The van der Waals surface area contributed by atoms with E-state index in [1.165, 1.54) is 0 Å². The molecule has 0 atom stereocenters. The third-order valence-electron chi connectivity index (χ3n) is 6.28. The maximum Gasteiger partial charge on any atom is 0.127 e. The minimum absolute atomic E-state index is 0.274. The maximum atomic E-state index is 11.7. The number of phenols is 2. The van der Waals surface area contributed by atoms with Gasteiger partial charge in [0.25, 0.3) is 0 Å². The first kappa shape index (κ1) is 25.5. The zero-order valence-electron chi connectivity index (χ0n) is 19.9. The zero-order valence-corrected chi connectivity index (χ0v) is 23.1. The van der Waals surface area contributed by atoms with E-state index < -0.39 is 0 Å². The Kier molecular flexibility index (Phi) is 8.57. The summed E-state index contributed by atoms with van der Waals surface area (Å²) in [4.78, 5) is 0. The Balaban J connectivity index is 2.05. The molecule has 0 aromatic heterocycles. The average Bonchev–Trinajstić information content (AvgIpc) is 2.87. The fourth-order valence-corrected chi connectivity index (χ4v) is 7.42. The number of thioether (sulfide) groups is 4. The van der Waals surface area contributed by atoms with E-state index in [0.29, 0.717) is 9.16 Å². The van der Waals surface area contributed by atoms with E-state index in [1.807, 2.05) is 36.4 Å². The predicted octanol–water partition coefficient (Wildman–Crippen LogP) is 8.26. The van der Waals surface area contributed by atoms with Crippen molar-refractivity contribution in [3.05, 3.63) is 71.8 Å². The summed E-state index contributed by atoms with van der Waals surface area (Å²) in [6.07, 6.45) is 9.94. The lowest BCUT2D eigenvalue weighted by molar-refractivity contribution is 0.464. The molecular weight excluding hydrogens is 497 g/mol. The minimum atomic E-state index is 0.274. The third-order valence-corrected chi connectivity index (χ3v) is 11.4. The van der Waals surface area contributed by atoms with E-state index >= 15 is 0 Å². The number of fused-ring (bicyclic) bond motifs is 2. The van der Waals surface area contributed by atoms with E-state index in [1.54, 1.807) is 47.0 Å². The van der Waals surface area contributed by atoms with Crippen LogP contribution in [0.1, 0.15) is 11.1 Å². The molecule has 4 rings (SSSR count). The van der Waals surface area contributed by atoms with Crippen molar-refractivity contribution in [3.8, 4) is 22.6 Å². The van der Waals surface area contributed by atoms with Gasteiger partial charge in [0.15, 0.2) is 0 Å². The lowest BCUT2D eigenvalue weighted by Gasteiger charge is -2.21. The minimum Gasteiger partial charge on any atom is -0.507 e. The van der Waals surface area contributed by atoms with Gasteiger partial charge in [-0.1, -0.05) is 48.5 Å². The van der Waals surface area contributed by atoms with Crippen molar-refractivity contribution in [2.24, 2.45) is 0 Å². The van der Waals surface area contributed by atoms with Crippen LogP contribution >= 0.6 is 47.0 Å². The van der Waals surface area contributed by atoms with Gasteiger partial charge in [0, 0.05) is 11.1 Å². The largest absolute Gasteiger partial charge is 0.507 e. The van der Waals surface area contributed by atoms with Gasteiger partial charge < -0.3 is 10.2 Å². The van der Waals surface area contributed by atoms with Gasteiger partial charge in [-0.05, 0) is 82.7 Å². The molecule has 0 heterocycles. The molecular formula is C28H30O2S4. The first-order valence-electron chi connectivity index (χ1n) is 11.1. The van der Waals surface area contributed by atoms with Crippen molar-refractivity contribution in [2.75, 3.05) is 25.0 Å². The van der Waals surface area contributed by atoms with Crippen molar-refractivity contribution in [1.82, 2.24) is 0 Å². The number of benzene rings is 4. The summed E-state index contributed by atoms with van der Waals surface area (Å²) in [7, 11) is 0. The number of phenolic OH excluding ortho intramolecular Hbond substituents is 2. The summed E-state index contributed by atoms with van der Waals surface area (Å²) in [5.74, 6) is 0.548. The molecule has 0 saturated heterocycles. The lowest BCUT2D eigenvalue weighted by atomic mass is 9.88. The molecule has 34 heavy (non-hydrogen) atoms. The van der Waals surface area contributed by atoms with Crippen molar-refractivity contribution >= 4 is 68.6 Å². The van der Waals surface area contributed by atoms with Gasteiger partial charge >= 0.3 is 0 Å². The van der Waals surface area contributed by atoms with E-state index in [0.717, 1.165) is 56.6 Å². The molecule has 0 aliphatic rings. The van der Waals surface area contributed by atoms with Crippen LogP contribution in [0.2, 0.25) is 0 Å². The van der Waals surface area contributed by atoms with Gasteiger partial charge in [0.05, 0.1) is 9.16 Å². The van der Waals surface area contributed by atoms with Crippen LogP contribution in [0.25, 0.3) is 32.7 Å². The van der Waals surface area contributed by atoms with Crippen LogP contribution in [0, 0.1) is 0 Å². The summed E-state index contributed by atoms with van der Waals surface area (Å²) in [6.45, 7) is 0. The Hall–Kier alpha value is -1.60. The normalized spacial score (nSPS) is 11.8. The number of hydrogen-bond acceptors (Lipinski definition) is 6. The van der Waals surface area contributed by atoms with Crippen LogP contribution in [0.3, 0.4) is 0 Å². The molecule has 4 aromatic carbocycles. The zero-order chi connectivity index (χ0) is 24.2. The van der Waals surface area contributed by atoms with Crippen LogP contribution < -0.4 is 0 Å². The molecule has 2 nitrogen and oxygen atoms in total. The highest BCUT2D eigenvalue weighted by Gasteiger charge is 2.23. The summed E-state index contributed by atoms with van der Waals surface area (Å²) in [6, 6.07) is 20.5. The molecule has 0 amide bonds. The molecule has 6 heteroatoms. The first-order valence-corrected chi connectivity index (χ1v) is 16.3. The smallest absolute Gasteiger partial charge is 0.127 e. The molecule has 0 aliphatic carbocycles. The summed E-state index contributed by atoms with van der Waals surface area (Å²) >= 11 is 7.19. The van der Waals surface area contributed by atoms with Crippen LogP contribution in [-0.2, 0) is 12.8 Å². The third kappa shape index (κ3) is 5.01. The van der Waals surface area contributed by atoms with Crippen molar-refractivity contribution < 1.29 is 10.2 Å². The molecule has 0 bridgehead atoms. The highest BCUT2D eigenvalue weighted by atomic mass is 32.2. The molecule has 0 aliphatic heterocycles. The highest BCUT2D eigenvalue weighted by molar-refractivity contribution is 8.16. The van der Waals surface area contributed by atoms with Crippen LogP contribution in [0.4, 0.5) is 0 Å².